The maximum absolute atomic E-state index is 11.8. The second-order valence-electron chi connectivity index (χ2n) is 4.27. The summed E-state index contributed by atoms with van der Waals surface area (Å²) in [4.78, 5) is 23.0. The average Bonchev–Trinajstić information content (AvgIpc) is 2.67. The van der Waals surface area contributed by atoms with Gasteiger partial charge in [0.1, 0.15) is 0 Å². The predicted octanol–water partition coefficient (Wildman–Crippen LogP) is 2.59. The van der Waals surface area contributed by atoms with E-state index in [4.69, 9.17) is 0 Å². The van der Waals surface area contributed by atoms with Gasteiger partial charge in [-0.15, -0.1) is 0 Å². The van der Waals surface area contributed by atoms with Crippen molar-refractivity contribution >= 4 is 22.5 Å². The minimum atomic E-state index is -0.923. The summed E-state index contributed by atoms with van der Waals surface area (Å²) in [5, 5.41) is 11.0. The zero-order chi connectivity index (χ0) is 12.0. The molecule has 0 aliphatic heterocycles. The highest BCUT2D eigenvalue weighted by molar-refractivity contribution is 6.10. The van der Waals surface area contributed by atoms with Crippen LogP contribution in [0.5, 0.6) is 0 Å². The fraction of sp³-hybridized carbons (Fsp3) is 0.143. The van der Waals surface area contributed by atoms with Crippen LogP contribution in [0.1, 0.15) is 28.3 Å². The normalized spacial score (nSPS) is 18.4. The monoisotopic (exact) mass is 226 g/mol. The standard InChI is InChI=1S/C14H10O3/c15-12-7-11(14(16)17)13-9-4-2-1-3-8(9)5-6-10(12)13/h1-6,11H,7H2,(H,16,17). The molecule has 2 aromatic rings. The Labute approximate surface area is 97.7 Å². The third kappa shape index (κ3) is 1.35. The van der Waals surface area contributed by atoms with Crippen molar-refractivity contribution in [3.63, 3.8) is 0 Å². The maximum atomic E-state index is 11.8. The van der Waals surface area contributed by atoms with Gasteiger partial charge in [-0.1, -0.05) is 36.4 Å². The summed E-state index contributed by atoms with van der Waals surface area (Å²) >= 11 is 0. The van der Waals surface area contributed by atoms with E-state index in [1.54, 1.807) is 6.07 Å². The van der Waals surface area contributed by atoms with E-state index in [1.165, 1.54) is 0 Å². The second-order valence-corrected chi connectivity index (χ2v) is 4.27. The lowest BCUT2D eigenvalue weighted by molar-refractivity contribution is -0.138. The summed E-state index contributed by atoms with van der Waals surface area (Å²) in [6, 6.07) is 11.2. The van der Waals surface area contributed by atoms with Crippen LogP contribution in [0.25, 0.3) is 10.8 Å². The molecule has 0 radical (unpaired) electrons. The molecule has 0 amide bonds. The smallest absolute Gasteiger partial charge is 0.311 e. The van der Waals surface area contributed by atoms with E-state index >= 15 is 0 Å². The minimum Gasteiger partial charge on any atom is -0.481 e. The average molecular weight is 226 g/mol. The van der Waals surface area contributed by atoms with Gasteiger partial charge in [0.05, 0.1) is 5.92 Å². The number of rotatable bonds is 1. The molecule has 3 rings (SSSR count). The molecular weight excluding hydrogens is 216 g/mol. The molecule has 0 fully saturated rings. The molecular formula is C14H10O3. The highest BCUT2D eigenvalue weighted by atomic mass is 16.4. The Kier molecular flexibility index (Phi) is 2.01. The SMILES string of the molecule is O=C1CC(C(=O)O)c2c1ccc1ccccc21. The first-order chi connectivity index (χ1) is 8.18. The molecule has 1 unspecified atom stereocenters. The quantitative estimate of drug-likeness (QED) is 0.813. The third-order valence-corrected chi connectivity index (χ3v) is 3.31. The van der Waals surface area contributed by atoms with Gasteiger partial charge in [0.15, 0.2) is 5.78 Å². The minimum absolute atomic E-state index is 0.0712. The number of carboxylic acid groups (broad SMARTS) is 1. The first-order valence-electron chi connectivity index (χ1n) is 5.46. The summed E-state index contributed by atoms with van der Waals surface area (Å²) < 4.78 is 0. The Bertz CT molecular complexity index is 643. The summed E-state index contributed by atoms with van der Waals surface area (Å²) in [6.45, 7) is 0. The molecule has 0 saturated carbocycles. The zero-order valence-corrected chi connectivity index (χ0v) is 9.01. The van der Waals surface area contributed by atoms with Crippen molar-refractivity contribution in [2.75, 3.05) is 0 Å². The number of fused-ring (bicyclic) bond motifs is 3. The first-order valence-corrected chi connectivity index (χ1v) is 5.46. The van der Waals surface area contributed by atoms with Gasteiger partial charge in [0.25, 0.3) is 0 Å². The van der Waals surface area contributed by atoms with Gasteiger partial charge >= 0.3 is 5.97 Å². The van der Waals surface area contributed by atoms with E-state index in [0.29, 0.717) is 11.1 Å². The summed E-state index contributed by atoms with van der Waals surface area (Å²) in [6.07, 6.45) is 0.0820. The Balaban J connectivity index is 2.38. The molecule has 3 nitrogen and oxygen atoms in total. The molecule has 0 bridgehead atoms. The fourth-order valence-electron chi connectivity index (χ4n) is 2.52. The van der Waals surface area contributed by atoms with Crippen LogP contribution < -0.4 is 0 Å². The maximum Gasteiger partial charge on any atom is 0.311 e. The molecule has 1 N–H and O–H groups in total. The molecule has 0 aromatic heterocycles. The van der Waals surface area contributed by atoms with Crippen molar-refractivity contribution in [1.29, 1.82) is 0 Å². The topological polar surface area (TPSA) is 54.4 Å². The molecule has 84 valence electrons. The van der Waals surface area contributed by atoms with Gasteiger partial charge in [-0.2, -0.15) is 0 Å². The lowest BCUT2D eigenvalue weighted by Gasteiger charge is -2.08. The Morgan fingerprint density at radius 2 is 1.94 bits per heavy atom. The molecule has 3 heteroatoms. The van der Waals surface area contributed by atoms with Crippen LogP contribution in [-0.2, 0) is 4.79 Å². The molecule has 0 heterocycles. The zero-order valence-electron chi connectivity index (χ0n) is 9.01. The van der Waals surface area contributed by atoms with E-state index in [9.17, 15) is 14.7 Å². The van der Waals surface area contributed by atoms with Gasteiger partial charge in [-0.3, -0.25) is 9.59 Å². The molecule has 1 aliphatic rings. The highest BCUT2D eigenvalue weighted by Crippen LogP contribution is 2.38. The van der Waals surface area contributed by atoms with Crippen molar-refractivity contribution in [2.45, 2.75) is 12.3 Å². The van der Waals surface area contributed by atoms with Crippen molar-refractivity contribution < 1.29 is 14.7 Å². The fourth-order valence-corrected chi connectivity index (χ4v) is 2.52. The Morgan fingerprint density at radius 1 is 1.18 bits per heavy atom. The van der Waals surface area contributed by atoms with Crippen LogP contribution in [0, 0.1) is 0 Å². The van der Waals surface area contributed by atoms with Gasteiger partial charge in [-0.05, 0) is 16.3 Å². The Hall–Kier alpha value is -2.16. The molecule has 1 aliphatic carbocycles. The van der Waals surface area contributed by atoms with Gasteiger partial charge in [0, 0.05) is 12.0 Å². The van der Waals surface area contributed by atoms with Crippen molar-refractivity contribution in [2.24, 2.45) is 0 Å². The number of hydrogen-bond acceptors (Lipinski definition) is 2. The number of aliphatic carboxylic acids is 1. The van der Waals surface area contributed by atoms with Crippen molar-refractivity contribution in [3.8, 4) is 0 Å². The van der Waals surface area contributed by atoms with E-state index in [1.807, 2.05) is 30.3 Å². The number of Topliss-reactive ketones (excluding diaryl/α,β-unsaturated/α-hetero) is 1. The third-order valence-electron chi connectivity index (χ3n) is 3.31. The van der Waals surface area contributed by atoms with Gasteiger partial charge in [-0.25, -0.2) is 0 Å². The number of hydrogen-bond donors (Lipinski definition) is 1. The van der Waals surface area contributed by atoms with Crippen LogP contribution >= 0.6 is 0 Å². The number of carboxylic acids is 1. The summed E-state index contributed by atoms with van der Waals surface area (Å²) in [5.41, 5.74) is 1.25. The molecule has 0 spiro atoms. The van der Waals surface area contributed by atoms with Crippen LogP contribution in [0.15, 0.2) is 36.4 Å². The number of carbonyl (C=O) groups is 2. The van der Waals surface area contributed by atoms with Crippen molar-refractivity contribution in [3.05, 3.63) is 47.5 Å². The number of ketones is 1. The Morgan fingerprint density at radius 3 is 2.71 bits per heavy atom. The van der Waals surface area contributed by atoms with Crippen LogP contribution in [-0.4, -0.2) is 16.9 Å². The van der Waals surface area contributed by atoms with Crippen LogP contribution in [0.2, 0.25) is 0 Å². The van der Waals surface area contributed by atoms with Gasteiger partial charge < -0.3 is 5.11 Å². The lowest BCUT2D eigenvalue weighted by atomic mass is 9.95. The summed E-state index contributed by atoms with van der Waals surface area (Å²) in [7, 11) is 0. The van der Waals surface area contributed by atoms with E-state index in [2.05, 4.69) is 0 Å². The van der Waals surface area contributed by atoms with Gasteiger partial charge in [0.2, 0.25) is 0 Å². The lowest BCUT2D eigenvalue weighted by Crippen LogP contribution is -2.08. The number of carbonyl (C=O) groups excluding carboxylic acids is 1. The molecule has 0 saturated heterocycles. The molecule has 1 atom stereocenters. The van der Waals surface area contributed by atoms with E-state index < -0.39 is 11.9 Å². The second kappa shape index (κ2) is 3.42. The number of benzene rings is 2. The van der Waals surface area contributed by atoms with E-state index in [0.717, 1.165) is 10.8 Å². The first kappa shape index (κ1) is 10.0. The van der Waals surface area contributed by atoms with Crippen LogP contribution in [0.3, 0.4) is 0 Å². The van der Waals surface area contributed by atoms with Crippen molar-refractivity contribution in [1.82, 2.24) is 0 Å². The predicted molar refractivity (Wildman–Crippen MR) is 63.3 cm³/mol. The highest BCUT2D eigenvalue weighted by Gasteiger charge is 2.35. The largest absolute Gasteiger partial charge is 0.481 e. The van der Waals surface area contributed by atoms with E-state index in [-0.39, 0.29) is 12.2 Å². The van der Waals surface area contributed by atoms with Crippen LogP contribution in [0.4, 0.5) is 0 Å². The molecule has 17 heavy (non-hydrogen) atoms. The molecule has 2 aromatic carbocycles. The summed E-state index contributed by atoms with van der Waals surface area (Å²) in [5.74, 6) is -1.68.